The third-order valence-electron chi connectivity index (χ3n) is 4.66. The highest BCUT2D eigenvalue weighted by atomic mass is 35.5. The first kappa shape index (κ1) is 22.6. The molecule has 0 fully saturated rings. The number of carbonyl (C=O) groups excluding carboxylic acids is 3. The molecule has 0 saturated heterocycles. The number of fused-ring (bicyclic) bond motifs is 1. The lowest BCUT2D eigenvalue weighted by Gasteiger charge is -2.27. The summed E-state index contributed by atoms with van der Waals surface area (Å²) in [5.74, 6) is -0.871. The van der Waals surface area contributed by atoms with Crippen LogP contribution < -0.4 is 15.5 Å². The Bertz CT molecular complexity index is 970. The maximum atomic E-state index is 13.3. The topological polar surface area (TPSA) is 87.7 Å². The van der Waals surface area contributed by atoms with Crippen LogP contribution in [0.25, 0.3) is 0 Å². The average molecular weight is 444 g/mol. The highest BCUT2D eigenvalue weighted by molar-refractivity contribution is 6.30. The summed E-state index contributed by atoms with van der Waals surface area (Å²) in [6, 6.07) is 12.8. The van der Waals surface area contributed by atoms with Gasteiger partial charge in [-0.2, -0.15) is 0 Å². The van der Waals surface area contributed by atoms with Gasteiger partial charge in [0.05, 0.1) is 0 Å². The normalized spacial score (nSPS) is 16.2. The van der Waals surface area contributed by atoms with Crippen molar-refractivity contribution in [3.63, 3.8) is 0 Å². The third-order valence-corrected chi connectivity index (χ3v) is 4.92. The Morgan fingerprint density at radius 3 is 2.48 bits per heavy atom. The minimum atomic E-state index is -0.790. The molecular weight excluding hydrogens is 418 g/mol. The van der Waals surface area contributed by atoms with Crippen LogP contribution in [-0.4, -0.2) is 36.1 Å². The lowest BCUT2D eigenvalue weighted by atomic mass is 10.1. The van der Waals surface area contributed by atoms with Gasteiger partial charge in [-0.3, -0.25) is 14.5 Å². The molecule has 0 aliphatic carbocycles. The van der Waals surface area contributed by atoms with E-state index in [4.69, 9.17) is 16.3 Å². The second-order valence-electron chi connectivity index (χ2n) is 8.34. The van der Waals surface area contributed by atoms with Crippen molar-refractivity contribution in [3.8, 4) is 0 Å². The molecular formula is C23H26ClN3O4. The van der Waals surface area contributed by atoms with E-state index < -0.39 is 23.6 Å². The third kappa shape index (κ3) is 6.21. The van der Waals surface area contributed by atoms with Crippen LogP contribution in [0.15, 0.2) is 48.5 Å². The molecule has 1 atom stereocenters. The van der Waals surface area contributed by atoms with Crippen molar-refractivity contribution >= 4 is 40.9 Å². The number of urea groups is 1. The van der Waals surface area contributed by atoms with Crippen LogP contribution >= 0.6 is 11.6 Å². The number of nitrogens with one attached hydrogen (secondary N) is 2. The number of anilines is 2. The number of esters is 1. The van der Waals surface area contributed by atoms with Crippen LogP contribution in [-0.2, 0) is 20.7 Å². The number of halogens is 1. The summed E-state index contributed by atoms with van der Waals surface area (Å²) < 4.78 is 5.41. The summed E-state index contributed by atoms with van der Waals surface area (Å²) in [6.07, 6.45) is 0.993. The van der Waals surface area contributed by atoms with Crippen LogP contribution in [0.5, 0.6) is 0 Å². The zero-order valence-electron chi connectivity index (χ0n) is 17.8. The van der Waals surface area contributed by atoms with Crippen molar-refractivity contribution < 1.29 is 19.1 Å². The van der Waals surface area contributed by atoms with Gasteiger partial charge in [-0.25, -0.2) is 4.79 Å². The molecule has 2 N–H and O–H groups in total. The Hall–Kier alpha value is -3.06. The van der Waals surface area contributed by atoms with Crippen molar-refractivity contribution in [2.45, 2.75) is 45.3 Å². The van der Waals surface area contributed by atoms with E-state index in [9.17, 15) is 14.4 Å². The number of hydrogen-bond donors (Lipinski definition) is 2. The van der Waals surface area contributed by atoms with Crippen LogP contribution in [0.2, 0.25) is 5.02 Å². The SMILES string of the molecule is CC(C)(C)OC(=O)CN1C(=O)C(NC(=O)Nc2ccc(Cl)cc2)CCc2ccccc21. The molecule has 2 aromatic rings. The van der Waals surface area contributed by atoms with Gasteiger partial charge in [0.1, 0.15) is 18.2 Å². The number of rotatable bonds is 4. The van der Waals surface area contributed by atoms with Crippen LogP contribution in [0, 0.1) is 0 Å². The molecule has 1 aliphatic heterocycles. The molecule has 3 amide bonds. The average Bonchev–Trinajstić information content (AvgIpc) is 2.81. The standard InChI is InChI=1S/C23H26ClN3O4/c1-23(2,3)31-20(28)14-27-19-7-5-4-6-15(19)8-13-18(21(27)29)26-22(30)25-17-11-9-16(24)10-12-17/h4-7,9-12,18H,8,13-14H2,1-3H3,(H2,25,26,30). The molecule has 0 spiro atoms. The van der Waals surface area contributed by atoms with Gasteiger partial charge in [0.15, 0.2) is 0 Å². The Labute approximate surface area is 186 Å². The molecule has 1 unspecified atom stereocenters. The maximum absolute atomic E-state index is 13.3. The fraction of sp³-hybridized carbons (Fsp3) is 0.348. The molecule has 0 saturated carbocycles. The predicted molar refractivity (Wildman–Crippen MR) is 120 cm³/mol. The zero-order valence-corrected chi connectivity index (χ0v) is 18.5. The Kier molecular flexibility index (Phi) is 6.85. The fourth-order valence-electron chi connectivity index (χ4n) is 3.37. The summed E-state index contributed by atoms with van der Waals surface area (Å²) in [6.45, 7) is 5.09. The second-order valence-corrected chi connectivity index (χ2v) is 8.77. The van der Waals surface area contributed by atoms with Crippen LogP contribution in [0.3, 0.4) is 0 Å². The van der Waals surface area contributed by atoms with Gasteiger partial charge in [-0.1, -0.05) is 29.8 Å². The van der Waals surface area contributed by atoms with Gasteiger partial charge in [0.25, 0.3) is 0 Å². The summed E-state index contributed by atoms with van der Waals surface area (Å²) in [5.41, 5.74) is 1.47. The molecule has 1 heterocycles. The number of para-hydroxylation sites is 1. The molecule has 8 heteroatoms. The van der Waals surface area contributed by atoms with Gasteiger partial charge >= 0.3 is 12.0 Å². The van der Waals surface area contributed by atoms with Crippen molar-refractivity contribution in [2.75, 3.05) is 16.8 Å². The minimum absolute atomic E-state index is 0.232. The second kappa shape index (κ2) is 9.39. The van der Waals surface area contributed by atoms with Crippen molar-refractivity contribution in [1.82, 2.24) is 5.32 Å². The number of aryl methyl sites for hydroxylation is 1. The van der Waals surface area contributed by atoms with Gasteiger partial charge in [0, 0.05) is 16.4 Å². The first-order chi connectivity index (χ1) is 14.6. The van der Waals surface area contributed by atoms with E-state index in [1.165, 1.54) is 4.90 Å². The summed E-state index contributed by atoms with van der Waals surface area (Å²) in [7, 11) is 0. The smallest absolute Gasteiger partial charge is 0.326 e. The molecule has 7 nitrogen and oxygen atoms in total. The van der Waals surface area contributed by atoms with E-state index in [-0.39, 0.29) is 12.5 Å². The monoisotopic (exact) mass is 443 g/mol. The Morgan fingerprint density at radius 2 is 1.81 bits per heavy atom. The number of carbonyl (C=O) groups is 3. The van der Waals surface area contributed by atoms with E-state index in [0.717, 1.165) is 5.56 Å². The van der Waals surface area contributed by atoms with E-state index in [0.29, 0.717) is 29.2 Å². The summed E-state index contributed by atoms with van der Waals surface area (Å²) >= 11 is 5.87. The van der Waals surface area contributed by atoms with E-state index in [2.05, 4.69) is 10.6 Å². The molecule has 3 rings (SSSR count). The van der Waals surface area contributed by atoms with Crippen LogP contribution in [0.1, 0.15) is 32.8 Å². The molecule has 0 radical (unpaired) electrons. The first-order valence-corrected chi connectivity index (χ1v) is 10.4. The predicted octanol–water partition coefficient (Wildman–Crippen LogP) is 4.15. The number of benzene rings is 2. The molecule has 0 aromatic heterocycles. The van der Waals surface area contributed by atoms with Gasteiger partial charge in [-0.15, -0.1) is 0 Å². The van der Waals surface area contributed by atoms with Crippen molar-refractivity contribution in [2.24, 2.45) is 0 Å². The molecule has 31 heavy (non-hydrogen) atoms. The number of hydrogen-bond acceptors (Lipinski definition) is 4. The molecule has 0 bridgehead atoms. The summed E-state index contributed by atoms with van der Waals surface area (Å²) in [4.78, 5) is 39.7. The highest BCUT2D eigenvalue weighted by Crippen LogP contribution is 2.27. The molecule has 164 valence electrons. The number of nitrogens with zero attached hydrogens (tertiary/aromatic N) is 1. The fourth-order valence-corrected chi connectivity index (χ4v) is 3.50. The lowest BCUT2D eigenvalue weighted by Crippen LogP contribution is -2.50. The largest absolute Gasteiger partial charge is 0.459 e. The quantitative estimate of drug-likeness (QED) is 0.695. The van der Waals surface area contributed by atoms with E-state index in [1.807, 2.05) is 18.2 Å². The highest BCUT2D eigenvalue weighted by Gasteiger charge is 2.33. The molecule has 1 aliphatic rings. The lowest BCUT2D eigenvalue weighted by molar-refractivity contribution is -0.153. The van der Waals surface area contributed by atoms with E-state index >= 15 is 0 Å². The first-order valence-electron chi connectivity index (χ1n) is 10.1. The Morgan fingerprint density at radius 1 is 1.13 bits per heavy atom. The number of amides is 3. The number of ether oxygens (including phenoxy) is 1. The summed E-state index contributed by atoms with van der Waals surface area (Å²) in [5, 5.41) is 5.98. The van der Waals surface area contributed by atoms with Crippen molar-refractivity contribution in [1.29, 1.82) is 0 Å². The van der Waals surface area contributed by atoms with Crippen LogP contribution in [0.4, 0.5) is 16.2 Å². The minimum Gasteiger partial charge on any atom is -0.459 e. The van der Waals surface area contributed by atoms with Gasteiger partial charge in [-0.05, 0) is 69.5 Å². The Balaban J connectivity index is 1.76. The van der Waals surface area contributed by atoms with Crippen molar-refractivity contribution in [3.05, 3.63) is 59.1 Å². The zero-order chi connectivity index (χ0) is 22.6. The molecule has 2 aromatic carbocycles. The van der Waals surface area contributed by atoms with E-state index in [1.54, 1.807) is 51.1 Å². The van der Waals surface area contributed by atoms with Gasteiger partial charge < -0.3 is 15.4 Å². The maximum Gasteiger partial charge on any atom is 0.326 e. The van der Waals surface area contributed by atoms with Gasteiger partial charge in [0.2, 0.25) is 5.91 Å².